The molecule has 3 rings (SSSR count). The Hall–Kier alpha value is -1.72. The van der Waals surface area contributed by atoms with Crippen LogP contribution in [0, 0.1) is 0 Å². The van der Waals surface area contributed by atoms with Crippen molar-refractivity contribution in [2.45, 2.75) is 38.9 Å². The van der Waals surface area contributed by atoms with E-state index < -0.39 is 7.12 Å². The SMILES string of the molecule is CC1(C)OB(c2ncccc2-c2ccccn2)OC1(C)C. The van der Waals surface area contributed by atoms with Crippen molar-refractivity contribution in [3.05, 3.63) is 42.7 Å². The maximum Gasteiger partial charge on any atom is 0.515 e. The van der Waals surface area contributed by atoms with Crippen LogP contribution in [0.4, 0.5) is 0 Å². The largest absolute Gasteiger partial charge is 0.515 e. The lowest BCUT2D eigenvalue weighted by Crippen LogP contribution is -2.41. The Kier molecular flexibility index (Phi) is 3.34. The lowest BCUT2D eigenvalue weighted by atomic mass is 9.80. The van der Waals surface area contributed by atoms with Crippen molar-refractivity contribution < 1.29 is 9.31 Å². The van der Waals surface area contributed by atoms with Crippen molar-refractivity contribution in [1.82, 2.24) is 9.97 Å². The third-order valence-electron chi connectivity index (χ3n) is 4.26. The smallest absolute Gasteiger partial charge is 0.398 e. The zero-order valence-electron chi connectivity index (χ0n) is 12.8. The molecule has 0 bridgehead atoms. The average Bonchev–Trinajstić information content (AvgIpc) is 2.68. The summed E-state index contributed by atoms with van der Waals surface area (Å²) >= 11 is 0. The minimum absolute atomic E-state index is 0.378. The first kappa shape index (κ1) is 14.2. The number of hydrogen-bond acceptors (Lipinski definition) is 4. The molecular formula is C16H19BN2O2. The van der Waals surface area contributed by atoms with Gasteiger partial charge in [-0.25, -0.2) is 0 Å². The fraction of sp³-hybridized carbons (Fsp3) is 0.375. The molecule has 1 saturated heterocycles. The number of aromatic nitrogens is 2. The highest BCUT2D eigenvalue weighted by atomic mass is 16.7. The van der Waals surface area contributed by atoms with Gasteiger partial charge in [0.25, 0.3) is 0 Å². The Morgan fingerprint density at radius 2 is 1.52 bits per heavy atom. The number of rotatable bonds is 2. The highest BCUT2D eigenvalue weighted by Crippen LogP contribution is 2.36. The Balaban J connectivity index is 2.02. The molecule has 108 valence electrons. The van der Waals surface area contributed by atoms with Crippen molar-refractivity contribution in [3.63, 3.8) is 0 Å². The summed E-state index contributed by atoms with van der Waals surface area (Å²) in [5.41, 5.74) is 1.83. The molecule has 2 aromatic rings. The fourth-order valence-electron chi connectivity index (χ4n) is 2.30. The third-order valence-corrected chi connectivity index (χ3v) is 4.26. The number of hydrogen-bond donors (Lipinski definition) is 0. The van der Waals surface area contributed by atoms with Crippen LogP contribution in [0.15, 0.2) is 42.7 Å². The van der Waals surface area contributed by atoms with Crippen molar-refractivity contribution in [2.24, 2.45) is 0 Å². The Morgan fingerprint density at radius 3 is 2.14 bits per heavy atom. The van der Waals surface area contributed by atoms with Gasteiger partial charge in [-0.2, -0.15) is 0 Å². The zero-order valence-corrected chi connectivity index (χ0v) is 12.8. The van der Waals surface area contributed by atoms with Gasteiger partial charge >= 0.3 is 7.12 Å². The maximum absolute atomic E-state index is 6.10. The summed E-state index contributed by atoms with van der Waals surface area (Å²) in [5.74, 6) is 0. The predicted octanol–water partition coefficient (Wildman–Crippen LogP) is 2.44. The molecule has 0 N–H and O–H groups in total. The van der Waals surface area contributed by atoms with E-state index in [-0.39, 0.29) is 11.2 Å². The third kappa shape index (κ3) is 2.47. The standard InChI is InChI=1S/C16H19BN2O2/c1-15(2)16(3,4)21-17(20-15)14-12(8-7-11-19-14)13-9-5-6-10-18-13/h5-11H,1-4H3. The highest BCUT2D eigenvalue weighted by molar-refractivity contribution is 6.62. The van der Waals surface area contributed by atoms with Gasteiger partial charge in [-0.05, 0) is 45.9 Å². The van der Waals surface area contributed by atoms with Gasteiger partial charge in [0.05, 0.1) is 22.5 Å². The van der Waals surface area contributed by atoms with Gasteiger partial charge in [0.1, 0.15) is 0 Å². The lowest BCUT2D eigenvalue weighted by Gasteiger charge is -2.32. The molecule has 0 unspecified atom stereocenters. The predicted molar refractivity (Wildman–Crippen MR) is 83.2 cm³/mol. The normalized spacial score (nSPS) is 19.7. The minimum atomic E-state index is -0.479. The van der Waals surface area contributed by atoms with Crippen LogP contribution < -0.4 is 5.59 Å². The van der Waals surface area contributed by atoms with Crippen molar-refractivity contribution in [3.8, 4) is 11.3 Å². The number of pyridine rings is 2. The van der Waals surface area contributed by atoms with Crippen LogP contribution in [-0.4, -0.2) is 28.3 Å². The summed E-state index contributed by atoms with van der Waals surface area (Å²) in [5, 5.41) is 0. The molecule has 0 aromatic carbocycles. The van der Waals surface area contributed by atoms with E-state index in [0.29, 0.717) is 0 Å². The Bertz CT molecular complexity index is 628. The topological polar surface area (TPSA) is 44.2 Å². The molecule has 21 heavy (non-hydrogen) atoms. The summed E-state index contributed by atoms with van der Waals surface area (Å²) in [4.78, 5) is 8.88. The molecule has 5 heteroatoms. The minimum Gasteiger partial charge on any atom is -0.398 e. The van der Waals surface area contributed by atoms with Crippen LogP contribution in [0.5, 0.6) is 0 Å². The van der Waals surface area contributed by atoms with Gasteiger partial charge in [0.15, 0.2) is 0 Å². The first-order chi connectivity index (χ1) is 9.91. The van der Waals surface area contributed by atoms with Crippen molar-refractivity contribution in [2.75, 3.05) is 0 Å². The van der Waals surface area contributed by atoms with Crippen molar-refractivity contribution in [1.29, 1.82) is 0 Å². The lowest BCUT2D eigenvalue weighted by molar-refractivity contribution is 0.00578. The van der Waals surface area contributed by atoms with Gasteiger partial charge < -0.3 is 9.31 Å². The first-order valence-electron chi connectivity index (χ1n) is 7.13. The van der Waals surface area contributed by atoms with E-state index in [0.717, 1.165) is 16.9 Å². The maximum atomic E-state index is 6.10. The summed E-state index contributed by atoms with van der Waals surface area (Å²) < 4.78 is 12.2. The van der Waals surface area contributed by atoms with Crippen LogP contribution in [0.2, 0.25) is 0 Å². The Morgan fingerprint density at radius 1 is 0.857 bits per heavy atom. The van der Waals surface area contributed by atoms with Crippen LogP contribution in [0.3, 0.4) is 0 Å². The molecule has 0 spiro atoms. The molecule has 4 nitrogen and oxygen atoms in total. The first-order valence-corrected chi connectivity index (χ1v) is 7.13. The molecule has 0 atom stereocenters. The van der Waals surface area contributed by atoms with E-state index in [4.69, 9.17) is 9.31 Å². The molecule has 0 aliphatic carbocycles. The quantitative estimate of drug-likeness (QED) is 0.794. The second-order valence-corrected chi connectivity index (χ2v) is 6.24. The molecule has 3 heterocycles. The summed E-state index contributed by atoms with van der Waals surface area (Å²) in [7, 11) is -0.479. The summed E-state index contributed by atoms with van der Waals surface area (Å²) in [6.45, 7) is 8.15. The van der Waals surface area contributed by atoms with Gasteiger partial charge in [-0.3, -0.25) is 9.97 Å². The second-order valence-electron chi connectivity index (χ2n) is 6.24. The second kappa shape index (κ2) is 4.93. The molecule has 1 aliphatic rings. The average molecular weight is 282 g/mol. The molecule has 2 aromatic heterocycles. The van der Waals surface area contributed by atoms with E-state index in [1.54, 1.807) is 12.4 Å². The molecule has 0 amide bonds. The van der Waals surface area contributed by atoms with Gasteiger partial charge in [-0.15, -0.1) is 0 Å². The van der Waals surface area contributed by atoms with Crippen LogP contribution in [0.25, 0.3) is 11.3 Å². The van der Waals surface area contributed by atoms with E-state index >= 15 is 0 Å². The Labute approximate surface area is 125 Å². The summed E-state index contributed by atoms with van der Waals surface area (Å²) in [6.07, 6.45) is 3.53. The van der Waals surface area contributed by atoms with E-state index in [2.05, 4.69) is 9.97 Å². The molecular weight excluding hydrogens is 263 g/mol. The zero-order chi connectivity index (χ0) is 15.1. The molecule has 0 radical (unpaired) electrons. The number of nitrogens with zero attached hydrogens (tertiary/aromatic N) is 2. The monoisotopic (exact) mass is 282 g/mol. The van der Waals surface area contributed by atoms with Gasteiger partial charge in [0.2, 0.25) is 0 Å². The molecule has 1 aliphatic heterocycles. The molecule has 0 saturated carbocycles. The summed E-state index contributed by atoms with van der Waals surface area (Å²) in [6, 6.07) is 9.72. The van der Waals surface area contributed by atoms with Crippen LogP contribution in [-0.2, 0) is 9.31 Å². The van der Waals surface area contributed by atoms with E-state index in [1.807, 2.05) is 58.0 Å². The van der Waals surface area contributed by atoms with Gasteiger partial charge in [0, 0.05) is 18.0 Å². The van der Waals surface area contributed by atoms with Crippen molar-refractivity contribution >= 4 is 12.7 Å². The van der Waals surface area contributed by atoms with Crippen LogP contribution in [0.1, 0.15) is 27.7 Å². The highest BCUT2D eigenvalue weighted by Gasteiger charge is 2.52. The van der Waals surface area contributed by atoms with E-state index in [1.165, 1.54) is 0 Å². The van der Waals surface area contributed by atoms with Crippen LogP contribution >= 0.6 is 0 Å². The van der Waals surface area contributed by atoms with Gasteiger partial charge in [-0.1, -0.05) is 12.1 Å². The fourth-order valence-corrected chi connectivity index (χ4v) is 2.30. The van der Waals surface area contributed by atoms with E-state index in [9.17, 15) is 0 Å². The molecule has 1 fully saturated rings.